The van der Waals surface area contributed by atoms with Crippen molar-refractivity contribution >= 4 is 0 Å². The number of hydrogen-bond donors (Lipinski definition) is 2. The average Bonchev–Trinajstić information content (AvgIpc) is 2.90. The lowest BCUT2D eigenvalue weighted by molar-refractivity contribution is 0.147. The molecule has 0 saturated carbocycles. The van der Waals surface area contributed by atoms with Gasteiger partial charge in [-0.15, -0.1) is 0 Å². The number of nitrogens with one attached hydrogen (secondary N) is 1. The molecule has 0 spiro atoms. The maximum Gasteiger partial charge on any atom is 0.231 e. The highest BCUT2D eigenvalue weighted by atomic mass is 16.7. The molecule has 1 aliphatic heterocycles. The van der Waals surface area contributed by atoms with Crippen LogP contribution in [0.15, 0.2) is 18.2 Å². The van der Waals surface area contributed by atoms with E-state index in [0.29, 0.717) is 6.79 Å². The summed E-state index contributed by atoms with van der Waals surface area (Å²) >= 11 is 0. The van der Waals surface area contributed by atoms with Gasteiger partial charge in [0.05, 0.1) is 0 Å². The Morgan fingerprint density at radius 1 is 1.30 bits per heavy atom. The highest BCUT2D eigenvalue weighted by Crippen LogP contribution is 2.34. The quantitative estimate of drug-likeness (QED) is 0.754. The van der Waals surface area contributed by atoms with Crippen LogP contribution in [-0.4, -0.2) is 25.1 Å². The van der Waals surface area contributed by atoms with Crippen LogP contribution in [0.5, 0.6) is 11.5 Å². The molecule has 0 aromatic heterocycles. The Kier molecular flexibility index (Phi) is 4.89. The molecule has 112 valence electrons. The topological polar surface area (TPSA) is 50.7 Å². The first-order valence-corrected chi connectivity index (χ1v) is 7.26. The molecule has 2 rings (SSSR count). The van der Waals surface area contributed by atoms with Gasteiger partial charge in [-0.3, -0.25) is 0 Å². The first-order chi connectivity index (χ1) is 9.52. The molecule has 4 nitrogen and oxygen atoms in total. The van der Waals surface area contributed by atoms with E-state index in [0.717, 1.165) is 30.9 Å². The zero-order chi connectivity index (χ0) is 14.6. The summed E-state index contributed by atoms with van der Waals surface area (Å²) in [7, 11) is 0. The summed E-state index contributed by atoms with van der Waals surface area (Å²) in [6.07, 6.45) is 2.08. The maximum absolute atomic E-state index is 9.22. The molecule has 0 fully saturated rings. The largest absolute Gasteiger partial charge is 0.454 e. The van der Waals surface area contributed by atoms with Crippen molar-refractivity contribution in [3.63, 3.8) is 0 Å². The summed E-state index contributed by atoms with van der Waals surface area (Å²) in [6.45, 7) is 7.83. The van der Waals surface area contributed by atoms with E-state index in [-0.39, 0.29) is 18.1 Å². The second-order valence-corrected chi connectivity index (χ2v) is 6.21. The van der Waals surface area contributed by atoms with E-state index in [9.17, 15) is 5.11 Å². The number of aliphatic hydroxyl groups is 1. The fourth-order valence-corrected chi connectivity index (χ4v) is 2.26. The van der Waals surface area contributed by atoms with Crippen LogP contribution in [0.1, 0.15) is 45.2 Å². The molecule has 0 aliphatic carbocycles. The van der Waals surface area contributed by atoms with Gasteiger partial charge in [0.15, 0.2) is 11.5 Å². The van der Waals surface area contributed by atoms with Crippen molar-refractivity contribution in [2.45, 2.75) is 39.7 Å². The highest BCUT2D eigenvalue weighted by molar-refractivity contribution is 5.45. The van der Waals surface area contributed by atoms with Gasteiger partial charge in [-0.1, -0.05) is 19.9 Å². The van der Waals surface area contributed by atoms with Gasteiger partial charge >= 0.3 is 0 Å². The van der Waals surface area contributed by atoms with E-state index < -0.39 is 0 Å². The molecule has 1 unspecified atom stereocenters. The first kappa shape index (κ1) is 15.1. The van der Waals surface area contributed by atoms with Crippen molar-refractivity contribution in [1.29, 1.82) is 0 Å². The van der Waals surface area contributed by atoms with Crippen LogP contribution in [-0.2, 0) is 0 Å². The van der Waals surface area contributed by atoms with Crippen molar-refractivity contribution < 1.29 is 14.6 Å². The van der Waals surface area contributed by atoms with Crippen molar-refractivity contribution in [1.82, 2.24) is 5.32 Å². The molecule has 1 aromatic rings. The zero-order valence-corrected chi connectivity index (χ0v) is 12.6. The van der Waals surface area contributed by atoms with Crippen LogP contribution in [0.3, 0.4) is 0 Å². The molecule has 0 saturated heterocycles. The summed E-state index contributed by atoms with van der Waals surface area (Å²) in [5, 5.41) is 12.7. The molecule has 0 amide bonds. The third-order valence-electron chi connectivity index (χ3n) is 3.81. The van der Waals surface area contributed by atoms with Crippen molar-refractivity contribution in [2.75, 3.05) is 19.9 Å². The summed E-state index contributed by atoms with van der Waals surface area (Å²) in [5.41, 5.74) is 1.22. The Morgan fingerprint density at radius 2 is 2.05 bits per heavy atom. The number of aliphatic hydroxyl groups excluding tert-OH is 1. The minimum atomic E-state index is 0.0175. The molecule has 2 N–H and O–H groups in total. The Morgan fingerprint density at radius 3 is 2.80 bits per heavy atom. The SMILES string of the molecule is CC(NCCCC(C)(C)CO)c1ccc2c(c1)OCO2. The summed E-state index contributed by atoms with van der Waals surface area (Å²) in [4.78, 5) is 0. The van der Waals surface area contributed by atoms with Gasteiger partial charge in [0.1, 0.15) is 0 Å². The Bertz CT molecular complexity index is 445. The number of hydrogen-bond acceptors (Lipinski definition) is 4. The maximum atomic E-state index is 9.22. The fraction of sp³-hybridized carbons (Fsp3) is 0.625. The number of benzene rings is 1. The van der Waals surface area contributed by atoms with Gasteiger partial charge < -0.3 is 19.9 Å². The third-order valence-corrected chi connectivity index (χ3v) is 3.81. The molecule has 1 heterocycles. The van der Waals surface area contributed by atoms with Crippen LogP contribution < -0.4 is 14.8 Å². The van der Waals surface area contributed by atoms with Crippen molar-refractivity contribution in [3.05, 3.63) is 23.8 Å². The molecule has 1 aliphatic rings. The monoisotopic (exact) mass is 279 g/mol. The van der Waals surface area contributed by atoms with Crippen molar-refractivity contribution in [2.24, 2.45) is 5.41 Å². The van der Waals surface area contributed by atoms with Crippen LogP contribution in [0, 0.1) is 5.41 Å². The highest BCUT2D eigenvalue weighted by Gasteiger charge is 2.17. The first-order valence-electron chi connectivity index (χ1n) is 7.26. The molecule has 1 aromatic carbocycles. The normalized spacial score (nSPS) is 15.4. The molecule has 0 radical (unpaired) electrons. The molecular weight excluding hydrogens is 254 g/mol. The van der Waals surface area contributed by atoms with E-state index in [4.69, 9.17) is 9.47 Å². The van der Waals surface area contributed by atoms with E-state index in [1.54, 1.807) is 0 Å². The average molecular weight is 279 g/mol. The van der Waals surface area contributed by atoms with Crippen LogP contribution in [0.25, 0.3) is 0 Å². The lowest BCUT2D eigenvalue weighted by atomic mass is 9.89. The molecule has 4 heteroatoms. The van der Waals surface area contributed by atoms with E-state index in [1.807, 2.05) is 12.1 Å². The van der Waals surface area contributed by atoms with E-state index in [2.05, 4.69) is 32.2 Å². The van der Waals surface area contributed by atoms with Gasteiger partial charge in [-0.2, -0.15) is 0 Å². The van der Waals surface area contributed by atoms with Gasteiger partial charge in [0, 0.05) is 12.6 Å². The number of fused-ring (bicyclic) bond motifs is 1. The summed E-state index contributed by atoms with van der Waals surface area (Å²) in [5.74, 6) is 1.66. The second kappa shape index (κ2) is 6.46. The molecule has 20 heavy (non-hydrogen) atoms. The predicted molar refractivity (Wildman–Crippen MR) is 79.1 cm³/mol. The summed E-state index contributed by atoms with van der Waals surface area (Å²) in [6, 6.07) is 6.35. The smallest absolute Gasteiger partial charge is 0.231 e. The minimum absolute atomic E-state index is 0.0175. The number of rotatable bonds is 7. The van der Waals surface area contributed by atoms with Gasteiger partial charge in [-0.05, 0) is 49.4 Å². The van der Waals surface area contributed by atoms with Crippen molar-refractivity contribution in [3.8, 4) is 11.5 Å². The minimum Gasteiger partial charge on any atom is -0.454 e. The standard InChI is InChI=1S/C16H25NO3/c1-12(17-8-4-7-16(2,3)10-18)13-5-6-14-15(9-13)20-11-19-14/h5-6,9,12,17-18H,4,7-8,10-11H2,1-3H3. The lowest BCUT2D eigenvalue weighted by Gasteiger charge is -2.22. The Labute approximate surface area is 121 Å². The number of ether oxygens (including phenoxy) is 2. The van der Waals surface area contributed by atoms with Crippen LogP contribution >= 0.6 is 0 Å². The van der Waals surface area contributed by atoms with E-state index in [1.165, 1.54) is 5.56 Å². The lowest BCUT2D eigenvalue weighted by Crippen LogP contribution is -2.23. The van der Waals surface area contributed by atoms with Crippen LogP contribution in [0.2, 0.25) is 0 Å². The van der Waals surface area contributed by atoms with Crippen LogP contribution in [0.4, 0.5) is 0 Å². The van der Waals surface area contributed by atoms with Gasteiger partial charge in [0.2, 0.25) is 6.79 Å². The molecule has 1 atom stereocenters. The van der Waals surface area contributed by atoms with E-state index >= 15 is 0 Å². The van der Waals surface area contributed by atoms with Gasteiger partial charge in [-0.25, -0.2) is 0 Å². The summed E-state index contributed by atoms with van der Waals surface area (Å²) < 4.78 is 10.7. The second-order valence-electron chi connectivity index (χ2n) is 6.21. The third kappa shape index (κ3) is 3.87. The molecular formula is C16H25NO3. The zero-order valence-electron chi connectivity index (χ0n) is 12.6. The Balaban J connectivity index is 1.79. The Hall–Kier alpha value is -1.26. The molecule has 0 bridgehead atoms. The van der Waals surface area contributed by atoms with Gasteiger partial charge in [0.25, 0.3) is 0 Å². The predicted octanol–water partition coefficient (Wildman–Crippen LogP) is 2.86. The fourth-order valence-electron chi connectivity index (χ4n) is 2.26.